The maximum atomic E-state index is 10.8. The third-order valence-electron chi connectivity index (χ3n) is 3.30. The highest BCUT2D eigenvalue weighted by molar-refractivity contribution is 5.66. The summed E-state index contributed by atoms with van der Waals surface area (Å²) in [7, 11) is 0. The van der Waals surface area contributed by atoms with E-state index in [0.717, 1.165) is 25.2 Å². The highest BCUT2D eigenvalue weighted by Gasteiger charge is 2.09. The molecule has 4 nitrogen and oxygen atoms in total. The number of nitrogens with zero attached hydrogens (tertiary/aromatic N) is 2. The van der Waals surface area contributed by atoms with Crippen molar-refractivity contribution < 1.29 is 9.90 Å². The van der Waals surface area contributed by atoms with Crippen molar-refractivity contribution in [2.75, 3.05) is 13.1 Å². The summed E-state index contributed by atoms with van der Waals surface area (Å²) < 4.78 is 0. The van der Waals surface area contributed by atoms with Crippen LogP contribution in [-0.4, -0.2) is 34.0 Å². The van der Waals surface area contributed by atoms with Crippen LogP contribution in [0.1, 0.15) is 17.7 Å². The molecule has 1 N–H and O–H groups in total. The Morgan fingerprint density at radius 2 is 1.81 bits per heavy atom. The molecule has 0 saturated heterocycles. The Labute approximate surface area is 125 Å². The SMILES string of the molecule is O=C(O)CCN(CCc1ccccn1)Cc1ccccc1. The number of rotatable bonds is 8. The lowest BCUT2D eigenvalue weighted by atomic mass is 10.2. The highest BCUT2D eigenvalue weighted by atomic mass is 16.4. The normalized spacial score (nSPS) is 10.7. The zero-order chi connectivity index (χ0) is 14.9. The van der Waals surface area contributed by atoms with Gasteiger partial charge in [-0.15, -0.1) is 0 Å². The maximum Gasteiger partial charge on any atom is 0.304 e. The highest BCUT2D eigenvalue weighted by Crippen LogP contribution is 2.07. The molecule has 0 spiro atoms. The molecule has 0 aliphatic rings. The summed E-state index contributed by atoms with van der Waals surface area (Å²) in [5.74, 6) is -0.758. The largest absolute Gasteiger partial charge is 0.481 e. The van der Waals surface area contributed by atoms with Crippen LogP contribution in [0, 0.1) is 0 Å². The molecule has 21 heavy (non-hydrogen) atoms. The number of aliphatic carboxylic acids is 1. The Balaban J connectivity index is 1.93. The number of aromatic nitrogens is 1. The molecular weight excluding hydrogens is 264 g/mol. The van der Waals surface area contributed by atoms with Crippen LogP contribution in [0.15, 0.2) is 54.7 Å². The first-order chi connectivity index (χ1) is 10.2. The first kappa shape index (κ1) is 15.2. The van der Waals surface area contributed by atoms with Crippen molar-refractivity contribution in [1.29, 1.82) is 0 Å². The van der Waals surface area contributed by atoms with E-state index in [4.69, 9.17) is 5.11 Å². The predicted molar refractivity (Wildman–Crippen MR) is 81.9 cm³/mol. The van der Waals surface area contributed by atoms with Gasteiger partial charge in [0.05, 0.1) is 6.42 Å². The van der Waals surface area contributed by atoms with Crippen LogP contribution < -0.4 is 0 Å². The second-order valence-corrected chi connectivity index (χ2v) is 4.98. The minimum absolute atomic E-state index is 0.162. The molecule has 0 amide bonds. The molecule has 1 aromatic heterocycles. The molecule has 0 fully saturated rings. The van der Waals surface area contributed by atoms with Gasteiger partial charge in [-0.3, -0.25) is 14.7 Å². The van der Waals surface area contributed by atoms with E-state index in [-0.39, 0.29) is 6.42 Å². The Kier molecular flexibility index (Phi) is 5.91. The standard InChI is InChI=1S/C17H20N2O2/c20-17(21)10-13-19(14-15-6-2-1-3-7-15)12-9-16-8-4-5-11-18-16/h1-8,11H,9-10,12-14H2,(H,20,21). The fraction of sp³-hybridized carbons (Fsp3) is 0.294. The number of hydrogen-bond acceptors (Lipinski definition) is 3. The average Bonchev–Trinajstić information content (AvgIpc) is 2.52. The molecule has 0 bridgehead atoms. The molecule has 0 aliphatic carbocycles. The molecule has 0 atom stereocenters. The van der Waals surface area contributed by atoms with Crippen molar-refractivity contribution in [1.82, 2.24) is 9.88 Å². The van der Waals surface area contributed by atoms with E-state index in [0.29, 0.717) is 6.54 Å². The van der Waals surface area contributed by atoms with Crippen LogP contribution >= 0.6 is 0 Å². The molecule has 1 heterocycles. The Hall–Kier alpha value is -2.20. The molecule has 0 saturated carbocycles. The second-order valence-electron chi connectivity index (χ2n) is 4.98. The third kappa shape index (κ3) is 5.75. The summed E-state index contributed by atoms with van der Waals surface area (Å²) in [5.41, 5.74) is 2.23. The van der Waals surface area contributed by atoms with Crippen molar-refractivity contribution in [3.05, 3.63) is 66.0 Å². The minimum atomic E-state index is -0.758. The molecule has 0 radical (unpaired) electrons. The number of carboxylic acids is 1. The molecule has 4 heteroatoms. The van der Waals surface area contributed by atoms with E-state index in [9.17, 15) is 4.79 Å². The van der Waals surface area contributed by atoms with Crippen molar-refractivity contribution in [2.45, 2.75) is 19.4 Å². The number of pyridine rings is 1. The Morgan fingerprint density at radius 3 is 2.48 bits per heavy atom. The van der Waals surface area contributed by atoms with Gasteiger partial charge >= 0.3 is 5.97 Å². The topological polar surface area (TPSA) is 53.4 Å². The van der Waals surface area contributed by atoms with Gasteiger partial charge in [0.1, 0.15) is 0 Å². The van der Waals surface area contributed by atoms with Gasteiger partial charge in [0, 0.05) is 37.9 Å². The molecule has 1 aromatic carbocycles. The number of carbonyl (C=O) groups is 1. The molecule has 110 valence electrons. The van der Waals surface area contributed by atoms with Crippen molar-refractivity contribution in [3.63, 3.8) is 0 Å². The number of carboxylic acid groups (broad SMARTS) is 1. The quantitative estimate of drug-likeness (QED) is 0.809. The lowest BCUT2D eigenvalue weighted by Gasteiger charge is -2.21. The van der Waals surface area contributed by atoms with E-state index in [2.05, 4.69) is 22.0 Å². The zero-order valence-electron chi connectivity index (χ0n) is 12.0. The Morgan fingerprint density at radius 1 is 1.05 bits per heavy atom. The van der Waals surface area contributed by atoms with Gasteiger partial charge in [-0.05, 0) is 17.7 Å². The lowest BCUT2D eigenvalue weighted by molar-refractivity contribution is -0.137. The van der Waals surface area contributed by atoms with Gasteiger partial charge in [0.25, 0.3) is 0 Å². The lowest BCUT2D eigenvalue weighted by Crippen LogP contribution is -2.28. The smallest absolute Gasteiger partial charge is 0.304 e. The number of hydrogen-bond donors (Lipinski definition) is 1. The van der Waals surface area contributed by atoms with Crippen molar-refractivity contribution in [2.24, 2.45) is 0 Å². The fourth-order valence-corrected chi connectivity index (χ4v) is 2.18. The second kappa shape index (κ2) is 8.17. The summed E-state index contributed by atoms with van der Waals surface area (Å²) in [4.78, 5) is 17.3. The van der Waals surface area contributed by atoms with E-state index < -0.39 is 5.97 Å². The zero-order valence-corrected chi connectivity index (χ0v) is 12.0. The van der Waals surface area contributed by atoms with E-state index in [1.165, 1.54) is 5.56 Å². The third-order valence-corrected chi connectivity index (χ3v) is 3.30. The van der Waals surface area contributed by atoms with Gasteiger partial charge in [-0.25, -0.2) is 0 Å². The van der Waals surface area contributed by atoms with Gasteiger partial charge in [-0.1, -0.05) is 36.4 Å². The van der Waals surface area contributed by atoms with Crippen LogP contribution in [0.25, 0.3) is 0 Å². The van der Waals surface area contributed by atoms with Gasteiger partial charge < -0.3 is 5.11 Å². The van der Waals surface area contributed by atoms with E-state index in [1.807, 2.05) is 36.4 Å². The molecule has 2 aromatic rings. The predicted octanol–water partition coefficient (Wildman–Crippen LogP) is 2.60. The fourth-order valence-electron chi connectivity index (χ4n) is 2.18. The van der Waals surface area contributed by atoms with Crippen molar-refractivity contribution >= 4 is 5.97 Å². The molecule has 0 aliphatic heterocycles. The summed E-state index contributed by atoms with van der Waals surface area (Å²) in [5, 5.41) is 8.87. The van der Waals surface area contributed by atoms with E-state index in [1.54, 1.807) is 6.20 Å². The summed E-state index contributed by atoms with van der Waals surface area (Å²) >= 11 is 0. The monoisotopic (exact) mass is 284 g/mol. The van der Waals surface area contributed by atoms with Crippen molar-refractivity contribution in [3.8, 4) is 0 Å². The molecular formula is C17H20N2O2. The summed E-state index contributed by atoms with van der Waals surface area (Å²) in [6, 6.07) is 16.0. The first-order valence-electron chi connectivity index (χ1n) is 7.12. The summed E-state index contributed by atoms with van der Waals surface area (Å²) in [6.45, 7) is 2.12. The minimum Gasteiger partial charge on any atom is -0.481 e. The van der Waals surface area contributed by atoms with Crippen LogP contribution in [0.5, 0.6) is 0 Å². The maximum absolute atomic E-state index is 10.8. The molecule has 2 rings (SSSR count). The average molecular weight is 284 g/mol. The summed E-state index contributed by atoms with van der Waals surface area (Å²) in [6.07, 6.45) is 2.77. The van der Waals surface area contributed by atoms with Crippen LogP contribution in [0.3, 0.4) is 0 Å². The van der Waals surface area contributed by atoms with Gasteiger partial charge in [-0.2, -0.15) is 0 Å². The first-order valence-corrected chi connectivity index (χ1v) is 7.12. The molecule has 0 unspecified atom stereocenters. The van der Waals surface area contributed by atoms with Crippen LogP contribution in [-0.2, 0) is 17.8 Å². The van der Waals surface area contributed by atoms with E-state index >= 15 is 0 Å². The van der Waals surface area contributed by atoms with Crippen LogP contribution in [0.2, 0.25) is 0 Å². The van der Waals surface area contributed by atoms with Gasteiger partial charge in [0.2, 0.25) is 0 Å². The van der Waals surface area contributed by atoms with Gasteiger partial charge in [0.15, 0.2) is 0 Å². The van der Waals surface area contributed by atoms with Crippen LogP contribution in [0.4, 0.5) is 0 Å². The number of benzene rings is 1. The Bertz CT molecular complexity index is 543.